The number of fused-ring (bicyclic) bond motifs is 1. The van der Waals surface area contributed by atoms with Gasteiger partial charge in [0.25, 0.3) is 11.5 Å². The molecule has 24 heavy (non-hydrogen) atoms. The van der Waals surface area contributed by atoms with Crippen LogP contribution in [0.15, 0.2) is 49.4 Å². The first-order valence-corrected chi connectivity index (χ1v) is 8.54. The van der Waals surface area contributed by atoms with Crippen LogP contribution in [0.25, 0.3) is 10.2 Å². The highest BCUT2D eigenvalue weighted by Crippen LogP contribution is 2.28. The lowest BCUT2D eigenvalue weighted by Gasteiger charge is -1.97. The van der Waals surface area contributed by atoms with Crippen LogP contribution in [0.3, 0.4) is 0 Å². The molecular formula is C14H11N5O3S2. The van der Waals surface area contributed by atoms with Crippen molar-refractivity contribution in [1.82, 2.24) is 20.4 Å². The van der Waals surface area contributed by atoms with Crippen molar-refractivity contribution in [2.45, 2.75) is 4.34 Å². The molecule has 1 amide bonds. The molecule has 0 atom stereocenters. The summed E-state index contributed by atoms with van der Waals surface area (Å²) in [7, 11) is 0. The predicted octanol–water partition coefficient (Wildman–Crippen LogP) is 0.915. The fourth-order valence-electron chi connectivity index (χ4n) is 1.80. The SMILES string of the molecule is O=C(CSc1nc2ccccc2s1)NN=Cc1cc(=O)[nH]c(=O)[nH]1. The molecule has 122 valence electrons. The van der Waals surface area contributed by atoms with Crippen LogP contribution in [0, 0.1) is 0 Å². The zero-order valence-corrected chi connectivity index (χ0v) is 13.7. The minimum Gasteiger partial charge on any atom is -0.306 e. The van der Waals surface area contributed by atoms with Crippen molar-refractivity contribution in [2.24, 2.45) is 5.10 Å². The van der Waals surface area contributed by atoms with Crippen molar-refractivity contribution < 1.29 is 4.79 Å². The molecule has 1 aromatic carbocycles. The number of rotatable bonds is 5. The number of hydrogen-bond acceptors (Lipinski definition) is 7. The number of nitrogens with one attached hydrogen (secondary N) is 3. The Kier molecular flexibility index (Phi) is 4.87. The van der Waals surface area contributed by atoms with Gasteiger partial charge in [0, 0.05) is 6.07 Å². The van der Waals surface area contributed by atoms with E-state index in [1.54, 1.807) is 0 Å². The number of hydrazone groups is 1. The number of amides is 1. The fraction of sp³-hybridized carbons (Fsp3) is 0.0714. The number of carbonyl (C=O) groups excluding carboxylic acids is 1. The molecule has 8 nitrogen and oxygen atoms in total. The lowest BCUT2D eigenvalue weighted by molar-refractivity contribution is -0.118. The zero-order chi connectivity index (χ0) is 16.9. The first kappa shape index (κ1) is 16.1. The van der Waals surface area contributed by atoms with Crippen LogP contribution in [0.2, 0.25) is 0 Å². The van der Waals surface area contributed by atoms with Gasteiger partial charge in [-0.2, -0.15) is 5.10 Å². The lowest BCUT2D eigenvalue weighted by Crippen LogP contribution is -2.24. The molecule has 0 aliphatic heterocycles. The van der Waals surface area contributed by atoms with Crippen LogP contribution >= 0.6 is 23.1 Å². The first-order valence-electron chi connectivity index (χ1n) is 6.74. The molecule has 0 aliphatic carbocycles. The van der Waals surface area contributed by atoms with Crippen LogP contribution < -0.4 is 16.7 Å². The Hall–Kier alpha value is -2.72. The third kappa shape index (κ3) is 4.18. The highest BCUT2D eigenvalue weighted by Gasteiger charge is 2.06. The van der Waals surface area contributed by atoms with Crippen LogP contribution in [-0.2, 0) is 4.79 Å². The summed E-state index contributed by atoms with van der Waals surface area (Å²) in [6, 6.07) is 8.91. The van der Waals surface area contributed by atoms with Crippen LogP contribution in [0.4, 0.5) is 0 Å². The second-order valence-corrected chi connectivity index (χ2v) is 6.83. The molecule has 0 saturated heterocycles. The maximum absolute atomic E-state index is 11.7. The number of thiazole rings is 1. The van der Waals surface area contributed by atoms with E-state index >= 15 is 0 Å². The number of aromatic nitrogens is 3. The van der Waals surface area contributed by atoms with Gasteiger partial charge in [-0.25, -0.2) is 15.2 Å². The van der Waals surface area contributed by atoms with Crippen molar-refractivity contribution in [3.8, 4) is 0 Å². The van der Waals surface area contributed by atoms with E-state index in [0.717, 1.165) is 20.6 Å². The summed E-state index contributed by atoms with van der Waals surface area (Å²) in [4.78, 5) is 42.7. The summed E-state index contributed by atoms with van der Waals surface area (Å²) < 4.78 is 1.87. The monoisotopic (exact) mass is 361 g/mol. The summed E-state index contributed by atoms with van der Waals surface area (Å²) in [5, 5.41) is 3.70. The van der Waals surface area contributed by atoms with E-state index in [2.05, 4.69) is 20.5 Å². The number of para-hydroxylation sites is 1. The highest BCUT2D eigenvalue weighted by atomic mass is 32.2. The third-order valence-electron chi connectivity index (χ3n) is 2.78. The third-order valence-corrected chi connectivity index (χ3v) is 4.95. The minimum absolute atomic E-state index is 0.156. The number of aromatic amines is 2. The van der Waals surface area contributed by atoms with Gasteiger partial charge in [-0.05, 0) is 12.1 Å². The number of H-pyrrole nitrogens is 2. The first-order chi connectivity index (χ1) is 11.6. The van der Waals surface area contributed by atoms with Gasteiger partial charge in [-0.15, -0.1) is 11.3 Å². The number of nitrogens with zero attached hydrogens (tertiary/aromatic N) is 2. The molecule has 0 radical (unpaired) electrons. The summed E-state index contributed by atoms with van der Waals surface area (Å²) in [6.07, 6.45) is 1.19. The van der Waals surface area contributed by atoms with E-state index in [-0.39, 0.29) is 17.4 Å². The van der Waals surface area contributed by atoms with E-state index in [9.17, 15) is 14.4 Å². The minimum atomic E-state index is -0.637. The second-order valence-electron chi connectivity index (χ2n) is 4.57. The molecule has 0 unspecified atom stereocenters. The van der Waals surface area contributed by atoms with Gasteiger partial charge in [-0.1, -0.05) is 23.9 Å². The molecule has 10 heteroatoms. The van der Waals surface area contributed by atoms with Crippen molar-refractivity contribution in [3.05, 3.63) is 56.9 Å². The Morgan fingerprint density at radius 1 is 1.33 bits per heavy atom. The van der Waals surface area contributed by atoms with Crippen LogP contribution in [0.1, 0.15) is 5.69 Å². The Labute approximate surface area is 143 Å². The van der Waals surface area contributed by atoms with E-state index in [1.807, 2.05) is 29.2 Å². The molecule has 3 N–H and O–H groups in total. The molecule has 0 aliphatic rings. The quantitative estimate of drug-likeness (QED) is 0.354. The molecule has 3 aromatic rings. The smallest absolute Gasteiger partial charge is 0.306 e. The van der Waals surface area contributed by atoms with Crippen molar-refractivity contribution in [2.75, 3.05) is 5.75 Å². The largest absolute Gasteiger partial charge is 0.326 e. The van der Waals surface area contributed by atoms with Crippen LogP contribution in [-0.4, -0.2) is 32.8 Å². The lowest BCUT2D eigenvalue weighted by atomic mass is 10.3. The average molecular weight is 361 g/mol. The van der Waals surface area contributed by atoms with Gasteiger partial charge in [0.2, 0.25) is 0 Å². The van der Waals surface area contributed by atoms with Gasteiger partial charge in [0.15, 0.2) is 4.34 Å². The van der Waals surface area contributed by atoms with Crippen LogP contribution in [0.5, 0.6) is 0 Å². The van der Waals surface area contributed by atoms with E-state index in [4.69, 9.17) is 0 Å². The van der Waals surface area contributed by atoms with Crippen molar-refractivity contribution in [3.63, 3.8) is 0 Å². The van der Waals surface area contributed by atoms with Gasteiger partial charge < -0.3 is 4.98 Å². The summed E-state index contributed by atoms with van der Waals surface area (Å²) in [5.41, 5.74) is 2.25. The number of thioether (sulfide) groups is 1. The maximum atomic E-state index is 11.7. The molecule has 2 heterocycles. The fourth-order valence-corrected chi connectivity index (χ4v) is 3.66. The molecule has 0 bridgehead atoms. The van der Waals surface area contributed by atoms with E-state index in [1.165, 1.54) is 29.3 Å². The average Bonchev–Trinajstić information content (AvgIpc) is 2.95. The van der Waals surface area contributed by atoms with Gasteiger partial charge >= 0.3 is 5.69 Å². The van der Waals surface area contributed by atoms with Crippen molar-refractivity contribution >= 4 is 45.4 Å². The standard InChI is InChI=1S/C14H11N5O3S2/c20-11-5-8(16-13(22)18-11)6-15-19-12(21)7-23-14-17-9-3-1-2-4-10(9)24-14/h1-6H,7H2,(H,19,21)(H2,16,18,20,22). The van der Waals surface area contributed by atoms with Gasteiger partial charge in [0.1, 0.15) is 0 Å². The second kappa shape index (κ2) is 7.23. The summed E-state index contributed by atoms with van der Waals surface area (Å²) in [6.45, 7) is 0. The Morgan fingerprint density at radius 2 is 2.17 bits per heavy atom. The Balaban J connectivity index is 1.54. The number of carbonyl (C=O) groups is 1. The zero-order valence-electron chi connectivity index (χ0n) is 12.1. The molecule has 0 saturated carbocycles. The molecule has 0 fully saturated rings. The molecule has 3 rings (SSSR count). The predicted molar refractivity (Wildman–Crippen MR) is 93.8 cm³/mol. The maximum Gasteiger partial charge on any atom is 0.326 e. The Bertz CT molecular complexity index is 959. The van der Waals surface area contributed by atoms with Gasteiger partial charge in [0.05, 0.1) is 27.9 Å². The van der Waals surface area contributed by atoms with E-state index < -0.39 is 11.2 Å². The van der Waals surface area contributed by atoms with E-state index in [0.29, 0.717) is 0 Å². The topological polar surface area (TPSA) is 120 Å². The number of benzene rings is 1. The normalized spacial score (nSPS) is 11.2. The molecule has 2 aromatic heterocycles. The molecular weight excluding hydrogens is 350 g/mol. The van der Waals surface area contributed by atoms with Gasteiger partial charge in [-0.3, -0.25) is 14.6 Å². The Morgan fingerprint density at radius 3 is 2.96 bits per heavy atom. The highest BCUT2D eigenvalue weighted by molar-refractivity contribution is 8.01. The number of hydrogen-bond donors (Lipinski definition) is 3. The summed E-state index contributed by atoms with van der Waals surface area (Å²) in [5.74, 6) is -0.161. The van der Waals surface area contributed by atoms with Crippen molar-refractivity contribution in [1.29, 1.82) is 0 Å². The summed E-state index contributed by atoms with van der Waals surface area (Å²) >= 11 is 2.83. The molecule has 0 spiro atoms.